The number of hydrogen-bond acceptors (Lipinski definition) is 7. The zero-order valence-electron chi connectivity index (χ0n) is 17.7. The lowest BCUT2D eigenvalue weighted by Crippen LogP contribution is -2.38. The molecule has 0 aliphatic carbocycles. The summed E-state index contributed by atoms with van der Waals surface area (Å²) in [6.07, 6.45) is 5.66. The molecule has 1 aliphatic heterocycles. The van der Waals surface area contributed by atoms with Crippen LogP contribution in [0, 0.1) is 6.92 Å². The van der Waals surface area contributed by atoms with Crippen molar-refractivity contribution in [2.24, 2.45) is 0 Å². The highest BCUT2D eigenvalue weighted by molar-refractivity contribution is 5.54. The summed E-state index contributed by atoms with van der Waals surface area (Å²) in [7, 11) is 0. The normalized spacial score (nSPS) is 17.3. The Morgan fingerprint density at radius 1 is 1.10 bits per heavy atom. The number of aryl methyl sites for hydroxylation is 1. The van der Waals surface area contributed by atoms with E-state index in [4.69, 9.17) is 4.74 Å². The lowest BCUT2D eigenvalue weighted by molar-refractivity contribution is -0.0350. The predicted molar refractivity (Wildman–Crippen MR) is 117 cm³/mol. The van der Waals surface area contributed by atoms with E-state index in [1.165, 1.54) is 0 Å². The summed E-state index contributed by atoms with van der Waals surface area (Å²) in [6, 6.07) is 9.95. The molecule has 1 atom stereocenters. The molecule has 156 valence electrons. The predicted octanol–water partition coefficient (Wildman–Crippen LogP) is 4.02. The number of pyridine rings is 2. The van der Waals surface area contributed by atoms with Gasteiger partial charge in [0.15, 0.2) is 0 Å². The molecule has 7 heteroatoms. The second-order valence-corrected chi connectivity index (χ2v) is 7.96. The summed E-state index contributed by atoms with van der Waals surface area (Å²) < 4.78 is 5.99. The third-order valence-electron chi connectivity index (χ3n) is 5.08. The first-order chi connectivity index (χ1) is 14.6. The van der Waals surface area contributed by atoms with Crippen LogP contribution in [0.2, 0.25) is 0 Å². The van der Waals surface area contributed by atoms with Gasteiger partial charge in [-0.3, -0.25) is 9.88 Å². The minimum absolute atomic E-state index is 0.0410. The van der Waals surface area contributed by atoms with Crippen molar-refractivity contribution in [3.05, 3.63) is 71.7 Å². The van der Waals surface area contributed by atoms with Crippen molar-refractivity contribution < 1.29 is 4.74 Å². The lowest BCUT2D eigenvalue weighted by atomic mass is 10.1. The first kappa shape index (κ1) is 20.4. The molecule has 30 heavy (non-hydrogen) atoms. The first-order valence-corrected chi connectivity index (χ1v) is 10.4. The molecular formula is C23H28N6O. The zero-order valence-corrected chi connectivity index (χ0v) is 17.7. The molecule has 0 radical (unpaired) electrons. The third-order valence-corrected chi connectivity index (χ3v) is 5.08. The molecule has 4 rings (SSSR count). The quantitative estimate of drug-likeness (QED) is 0.665. The number of rotatable bonds is 6. The summed E-state index contributed by atoms with van der Waals surface area (Å²) in [5.41, 5.74) is 3.95. The van der Waals surface area contributed by atoms with Crippen molar-refractivity contribution in [3.8, 4) is 0 Å². The average Bonchev–Trinajstić information content (AvgIpc) is 2.75. The minimum atomic E-state index is -0.0410. The largest absolute Gasteiger partial charge is 0.369 e. The fourth-order valence-corrected chi connectivity index (χ4v) is 3.46. The Labute approximate surface area is 177 Å². The van der Waals surface area contributed by atoms with Gasteiger partial charge in [-0.2, -0.15) is 0 Å². The van der Waals surface area contributed by atoms with Gasteiger partial charge in [-0.05, 0) is 31.2 Å². The Morgan fingerprint density at radius 3 is 2.63 bits per heavy atom. The van der Waals surface area contributed by atoms with Crippen LogP contribution in [-0.4, -0.2) is 44.5 Å². The number of anilines is 2. The highest BCUT2D eigenvalue weighted by Gasteiger charge is 2.23. The van der Waals surface area contributed by atoms with Crippen LogP contribution in [0.1, 0.15) is 48.6 Å². The van der Waals surface area contributed by atoms with E-state index < -0.39 is 0 Å². The third kappa shape index (κ3) is 5.17. The second kappa shape index (κ2) is 9.28. The maximum absolute atomic E-state index is 5.99. The standard InChI is InChI=1S/C23H28N6O/c1-16(2)23-25-11-18(12-26-23)14-29-9-10-30-21(15-29)20-8-7-19(13-24-20)28-22-6-4-5-17(3)27-22/h4-8,11-13,16,21H,9-10,14-15H2,1-3H3,(H,27,28). The van der Waals surface area contributed by atoms with Gasteiger partial charge in [-0.1, -0.05) is 19.9 Å². The highest BCUT2D eigenvalue weighted by atomic mass is 16.5. The lowest BCUT2D eigenvalue weighted by Gasteiger charge is -2.32. The summed E-state index contributed by atoms with van der Waals surface area (Å²) in [5, 5.41) is 3.29. The molecule has 1 fully saturated rings. The van der Waals surface area contributed by atoms with Gasteiger partial charge >= 0.3 is 0 Å². The summed E-state index contributed by atoms with van der Waals surface area (Å²) in [4.78, 5) is 20.4. The van der Waals surface area contributed by atoms with Crippen molar-refractivity contribution in [2.75, 3.05) is 25.0 Å². The van der Waals surface area contributed by atoms with E-state index in [1.807, 2.05) is 55.8 Å². The number of nitrogens with one attached hydrogen (secondary N) is 1. The van der Waals surface area contributed by atoms with Gasteiger partial charge in [0, 0.05) is 49.2 Å². The van der Waals surface area contributed by atoms with Crippen LogP contribution in [0.3, 0.4) is 0 Å². The Balaban J connectivity index is 1.36. The van der Waals surface area contributed by atoms with Gasteiger partial charge in [0.25, 0.3) is 0 Å². The first-order valence-electron chi connectivity index (χ1n) is 10.4. The number of morpholine rings is 1. The molecule has 1 N–H and O–H groups in total. The van der Waals surface area contributed by atoms with Crippen molar-refractivity contribution in [3.63, 3.8) is 0 Å². The Morgan fingerprint density at radius 2 is 1.93 bits per heavy atom. The molecule has 3 aromatic heterocycles. The fraction of sp³-hybridized carbons (Fsp3) is 0.391. The van der Waals surface area contributed by atoms with E-state index in [-0.39, 0.29) is 6.10 Å². The van der Waals surface area contributed by atoms with E-state index in [9.17, 15) is 0 Å². The molecule has 1 saturated heterocycles. The van der Waals surface area contributed by atoms with Gasteiger partial charge in [0.05, 0.1) is 24.2 Å². The monoisotopic (exact) mass is 404 g/mol. The molecule has 0 saturated carbocycles. The molecule has 0 aromatic carbocycles. The van der Waals surface area contributed by atoms with E-state index in [0.717, 1.165) is 53.9 Å². The maximum Gasteiger partial charge on any atom is 0.130 e. The SMILES string of the molecule is Cc1cccc(Nc2ccc(C3CN(Cc4cnc(C(C)C)nc4)CCO3)nc2)n1. The molecule has 0 spiro atoms. The van der Waals surface area contributed by atoms with E-state index in [2.05, 4.69) is 44.0 Å². The van der Waals surface area contributed by atoms with Crippen molar-refractivity contribution in [1.82, 2.24) is 24.8 Å². The van der Waals surface area contributed by atoms with Crippen LogP contribution in [0.15, 0.2) is 48.9 Å². The summed E-state index contributed by atoms with van der Waals surface area (Å²) in [5.74, 6) is 2.05. The van der Waals surface area contributed by atoms with Crippen LogP contribution in [0.5, 0.6) is 0 Å². The Kier molecular flexibility index (Phi) is 6.30. The van der Waals surface area contributed by atoms with E-state index in [0.29, 0.717) is 12.5 Å². The molecular weight excluding hydrogens is 376 g/mol. The van der Waals surface area contributed by atoms with Gasteiger partial charge in [0.2, 0.25) is 0 Å². The zero-order chi connectivity index (χ0) is 20.9. The van der Waals surface area contributed by atoms with Crippen LogP contribution < -0.4 is 5.32 Å². The average molecular weight is 405 g/mol. The molecule has 0 bridgehead atoms. The van der Waals surface area contributed by atoms with Gasteiger partial charge in [-0.15, -0.1) is 0 Å². The van der Waals surface area contributed by atoms with Gasteiger partial charge in [0.1, 0.15) is 17.7 Å². The molecule has 3 aromatic rings. The minimum Gasteiger partial charge on any atom is -0.369 e. The van der Waals surface area contributed by atoms with Crippen molar-refractivity contribution >= 4 is 11.5 Å². The van der Waals surface area contributed by atoms with Crippen molar-refractivity contribution in [1.29, 1.82) is 0 Å². The van der Waals surface area contributed by atoms with Crippen LogP contribution in [0.25, 0.3) is 0 Å². The van der Waals surface area contributed by atoms with Crippen LogP contribution >= 0.6 is 0 Å². The molecule has 1 unspecified atom stereocenters. The van der Waals surface area contributed by atoms with Gasteiger partial charge < -0.3 is 10.1 Å². The summed E-state index contributed by atoms with van der Waals surface area (Å²) >= 11 is 0. The van der Waals surface area contributed by atoms with E-state index >= 15 is 0 Å². The highest BCUT2D eigenvalue weighted by Crippen LogP contribution is 2.23. The Bertz CT molecular complexity index is 958. The number of hydrogen-bond donors (Lipinski definition) is 1. The number of ether oxygens (including phenoxy) is 1. The second-order valence-electron chi connectivity index (χ2n) is 7.96. The topological polar surface area (TPSA) is 76.1 Å². The summed E-state index contributed by atoms with van der Waals surface area (Å²) in [6.45, 7) is 9.37. The van der Waals surface area contributed by atoms with Gasteiger partial charge in [-0.25, -0.2) is 15.0 Å². The molecule has 7 nitrogen and oxygen atoms in total. The smallest absolute Gasteiger partial charge is 0.130 e. The Hall–Kier alpha value is -2.90. The molecule has 0 amide bonds. The number of aromatic nitrogens is 4. The molecule has 1 aliphatic rings. The van der Waals surface area contributed by atoms with Crippen LogP contribution in [0.4, 0.5) is 11.5 Å². The van der Waals surface area contributed by atoms with E-state index in [1.54, 1.807) is 0 Å². The van der Waals surface area contributed by atoms with Crippen LogP contribution in [-0.2, 0) is 11.3 Å². The fourth-order valence-electron chi connectivity index (χ4n) is 3.46. The maximum atomic E-state index is 5.99. The van der Waals surface area contributed by atoms with Crippen molar-refractivity contribution in [2.45, 2.75) is 39.3 Å². The number of nitrogens with zero attached hydrogens (tertiary/aromatic N) is 5. The molecule has 4 heterocycles.